The first kappa shape index (κ1) is 16.5. The molecule has 0 spiro atoms. The Bertz CT molecular complexity index is 333. The van der Waals surface area contributed by atoms with Gasteiger partial charge in [-0.1, -0.05) is 26.0 Å². The molecule has 0 amide bonds. The summed E-state index contributed by atoms with van der Waals surface area (Å²) in [4.78, 5) is 0. The molecule has 1 aromatic rings. The summed E-state index contributed by atoms with van der Waals surface area (Å²) < 4.78 is 13.2. The van der Waals surface area contributed by atoms with Gasteiger partial charge in [0.05, 0.1) is 0 Å². The van der Waals surface area contributed by atoms with Crippen LogP contribution in [0.4, 0.5) is 4.39 Å². The molecule has 1 N–H and O–H groups in total. The molecule has 0 fully saturated rings. The largest absolute Gasteiger partial charge is 0.316 e. The second-order valence-electron chi connectivity index (χ2n) is 4.89. The van der Waals surface area contributed by atoms with Crippen molar-refractivity contribution in [3.63, 3.8) is 0 Å². The Labute approximate surface area is 121 Å². The predicted molar refractivity (Wildman–Crippen MR) is 84.4 cm³/mol. The lowest BCUT2D eigenvalue weighted by Gasteiger charge is -2.17. The maximum atomic E-state index is 13.2. The standard InChI is InChI=1S/C16H26FNS/c1-3-9-18-13-15(8-10-19-4-2)11-14-6-5-7-16(17)12-14/h5-7,12,15,18H,3-4,8-11,13H2,1-2H3. The van der Waals surface area contributed by atoms with Crippen LogP contribution in [-0.2, 0) is 6.42 Å². The summed E-state index contributed by atoms with van der Waals surface area (Å²) in [5.74, 6) is 2.85. The van der Waals surface area contributed by atoms with Crippen molar-refractivity contribution in [1.29, 1.82) is 0 Å². The average Bonchev–Trinajstić information content (AvgIpc) is 2.39. The third kappa shape index (κ3) is 7.58. The molecular weight excluding hydrogens is 257 g/mol. The van der Waals surface area contributed by atoms with Gasteiger partial charge in [0.2, 0.25) is 0 Å². The van der Waals surface area contributed by atoms with Crippen molar-refractivity contribution in [2.45, 2.75) is 33.1 Å². The molecule has 0 aliphatic rings. The fourth-order valence-electron chi connectivity index (χ4n) is 2.15. The summed E-state index contributed by atoms with van der Waals surface area (Å²) >= 11 is 1.99. The number of rotatable bonds is 10. The summed E-state index contributed by atoms with van der Waals surface area (Å²) in [6.07, 6.45) is 3.33. The SMILES string of the molecule is CCCNCC(CCSCC)Cc1cccc(F)c1. The van der Waals surface area contributed by atoms with Crippen LogP contribution in [0, 0.1) is 11.7 Å². The maximum Gasteiger partial charge on any atom is 0.123 e. The first-order valence-electron chi connectivity index (χ1n) is 7.29. The molecule has 1 nitrogen and oxygen atoms in total. The predicted octanol–water partition coefficient (Wildman–Crippen LogP) is 4.13. The van der Waals surface area contributed by atoms with Crippen LogP contribution in [0.1, 0.15) is 32.3 Å². The summed E-state index contributed by atoms with van der Waals surface area (Å²) in [5.41, 5.74) is 1.12. The molecule has 0 aromatic heterocycles. The van der Waals surface area contributed by atoms with Gasteiger partial charge < -0.3 is 5.32 Å². The Morgan fingerprint density at radius 2 is 2.16 bits per heavy atom. The minimum atomic E-state index is -0.124. The molecule has 1 rings (SSSR count). The van der Waals surface area contributed by atoms with E-state index in [0.29, 0.717) is 5.92 Å². The maximum absolute atomic E-state index is 13.2. The summed E-state index contributed by atoms with van der Waals surface area (Å²) in [6, 6.07) is 7.02. The van der Waals surface area contributed by atoms with Crippen LogP contribution < -0.4 is 5.32 Å². The fraction of sp³-hybridized carbons (Fsp3) is 0.625. The first-order valence-corrected chi connectivity index (χ1v) is 8.44. The highest BCUT2D eigenvalue weighted by Gasteiger charge is 2.10. The van der Waals surface area contributed by atoms with Gasteiger partial charge in [-0.2, -0.15) is 11.8 Å². The van der Waals surface area contributed by atoms with E-state index in [1.165, 1.54) is 24.0 Å². The van der Waals surface area contributed by atoms with Crippen molar-refractivity contribution in [1.82, 2.24) is 5.32 Å². The molecule has 1 unspecified atom stereocenters. The third-order valence-electron chi connectivity index (χ3n) is 3.15. The number of nitrogens with one attached hydrogen (secondary N) is 1. The van der Waals surface area contributed by atoms with Crippen LogP contribution in [-0.4, -0.2) is 24.6 Å². The summed E-state index contributed by atoms with van der Waals surface area (Å²) in [6.45, 7) is 6.48. The second kappa shape index (κ2) is 10.3. The van der Waals surface area contributed by atoms with Crippen molar-refractivity contribution in [3.05, 3.63) is 35.6 Å². The molecule has 1 atom stereocenters. The van der Waals surface area contributed by atoms with Crippen molar-refractivity contribution in [2.24, 2.45) is 5.92 Å². The average molecular weight is 283 g/mol. The van der Waals surface area contributed by atoms with Gasteiger partial charge >= 0.3 is 0 Å². The number of hydrogen-bond donors (Lipinski definition) is 1. The monoisotopic (exact) mass is 283 g/mol. The molecule has 0 aliphatic carbocycles. The fourth-order valence-corrected chi connectivity index (χ4v) is 2.94. The summed E-state index contributed by atoms with van der Waals surface area (Å²) in [7, 11) is 0. The number of thioether (sulfide) groups is 1. The Morgan fingerprint density at radius 3 is 2.84 bits per heavy atom. The molecule has 0 saturated heterocycles. The third-order valence-corrected chi connectivity index (χ3v) is 4.08. The van der Waals surface area contributed by atoms with Crippen molar-refractivity contribution in [3.8, 4) is 0 Å². The van der Waals surface area contributed by atoms with E-state index in [2.05, 4.69) is 19.2 Å². The zero-order chi connectivity index (χ0) is 13.9. The molecule has 0 saturated carbocycles. The highest BCUT2D eigenvalue weighted by molar-refractivity contribution is 7.99. The molecule has 0 radical (unpaired) electrons. The minimum absolute atomic E-state index is 0.124. The number of benzene rings is 1. The van der Waals surface area contributed by atoms with Crippen LogP contribution >= 0.6 is 11.8 Å². The quantitative estimate of drug-likeness (QED) is 0.648. The number of hydrogen-bond acceptors (Lipinski definition) is 2. The van der Waals surface area contributed by atoms with Crippen molar-refractivity contribution < 1.29 is 4.39 Å². The van der Waals surface area contributed by atoms with Gasteiger partial charge in [0.15, 0.2) is 0 Å². The molecule has 0 aliphatic heterocycles. The molecule has 0 bridgehead atoms. The van der Waals surface area contributed by atoms with Gasteiger partial charge in [-0.25, -0.2) is 4.39 Å². The van der Waals surface area contributed by atoms with E-state index >= 15 is 0 Å². The van der Waals surface area contributed by atoms with E-state index in [9.17, 15) is 4.39 Å². The van der Waals surface area contributed by atoms with E-state index in [0.717, 1.165) is 31.5 Å². The molecule has 3 heteroatoms. The van der Waals surface area contributed by atoms with Crippen LogP contribution in [0.3, 0.4) is 0 Å². The Morgan fingerprint density at radius 1 is 1.32 bits per heavy atom. The highest BCUT2D eigenvalue weighted by Crippen LogP contribution is 2.16. The topological polar surface area (TPSA) is 12.0 Å². The molecule has 108 valence electrons. The normalized spacial score (nSPS) is 12.6. The van der Waals surface area contributed by atoms with Gasteiger partial charge in [0.25, 0.3) is 0 Å². The molecule has 19 heavy (non-hydrogen) atoms. The van der Waals surface area contributed by atoms with Gasteiger partial charge in [0, 0.05) is 0 Å². The molecular formula is C16H26FNS. The van der Waals surface area contributed by atoms with E-state index in [-0.39, 0.29) is 5.82 Å². The lowest BCUT2D eigenvalue weighted by Crippen LogP contribution is -2.25. The molecule has 0 heterocycles. The Balaban J connectivity index is 2.46. The Hall–Kier alpha value is -0.540. The molecule has 1 aromatic carbocycles. The Kier molecular flexibility index (Phi) is 8.93. The lowest BCUT2D eigenvalue weighted by atomic mass is 9.96. The lowest BCUT2D eigenvalue weighted by molar-refractivity contribution is 0.462. The van der Waals surface area contributed by atoms with E-state index in [1.807, 2.05) is 23.9 Å². The van der Waals surface area contributed by atoms with Crippen LogP contribution in [0.2, 0.25) is 0 Å². The van der Waals surface area contributed by atoms with Gasteiger partial charge in [0.1, 0.15) is 5.82 Å². The van der Waals surface area contributed by atoms with E-state index in [1.54, 1.807) is 6.07 Å². The number of halogens is 1. The second-order valence-corrected chi connectivity index (χ2v) is 6.28. The smallest absolute Gasteiger partial charge is 0.123 e. The van der Waals surface area contributed by atoms with E-state index < -0.39 is 0 Å². The summed E-state index contributed by atoms with van der Waals surface area (Å²) in [5, 5.41) is 3.49. The van der Waals surface area contributed by atoms with Crippen molar-refractivity contribution in [2.75, 3.05) is 24.6 Å². The minimum Gasteiger partial charge on any atom is -0.316 e. The van der Waals surface area contributed by atoms with Gasteiger partial charge in [-0.15, -0.1) is 0 Å². The van der Waals surface area contributed by atoms with E-state index in [4.69, 9.17) is 0 Å². The van der Waals surface area contributed by atoms with Gasteiger partial charge in [-0.3, -0.25) is 0 Å². The van der Waals surface area contributed by atoms with Crippen LogP contribution in [0.5, 0.6) is 0 Å². The van der Waals surface area contributed by atoms with Gasteiger partial charge in [-0.05, 0) is 67.5 Å². The zero-order valence-corrected chi connectivity index (χ0v) is 12.9. The van der Waals surface area contributed by atoms with Crippen LogP contribution in [0.15, 0.2) is 24.3 Å². The zero-order valence-electron chi connectivity index (χ0n) is 12.1. The van der Waals surface area contributed by atoms with Crippen molar-refractivity contribution >= 4 is 11.8 Å². The first-order chi connectivity index (χ1) is 9.26. The van der Waals surface area contributed by atoms with Crippen LogP contribution in [0.25, 0.3) is 0 Å². The highest BCUT2D eigenvalue weighted by atomic mass is 32.2.